The van der Waals surface area contributed by atoms with Crippen molar-refractivity contribution in [1.82, 2.24) is 10.6 Å². The highest BCUT2D eigenvalue weighted by Gasteiger charge is 2.34. The summed E-state index contributed by atoms with van der Waals surface area (Å²) in [6.07, 6.45) is 2.82. The zero-order chi connectivity index (χ0) is 16.7. The van der Waals surface area contributed by atoms with E-state index in [1.165, 1.54) is 5.56 Å². The van der Waals surface area contributed by atoms with Gasteiger partial charge in [0.1, 0.15) is 11.9 Å². The molecule has 0 spiro atoms. The highest BCUT2D eigenvalue weighted by atomic mass is 16.5. The number of benzene rings is 1. The van der Waals surface area contributed by atoms with Crippen molar-refractivity contribution in [3.8, 4) is 5.75 Å². The average molecular weight is 319 g/mol. The first-order chi connectivity index (χ1) is 11.0. The third kappa shape index (κ3) is 5.75. The van der Waals surface area contributed by atoms with Crippen molar-refractivity contribution in [3.05, 3.63) is 29.8 Å². The average Bonchev–Trinajstić information content (AvgIpc) is 2.48. The molecule has 0 radical (unpaired) electrons. The Hall–Kier alpha value is -1.75. The first-order valence-electron chi connectivity index (χ1n) is 8.49. The molecule has 2 rings (SSSR count). The fourth-order valence-corrected chi connectivity index (χ4v) is 2.51. The van der Waals surface area contributed by atoms with Gasteiger partial charge in [0.15, 0.2) is 5.96 Å². The van der Waals surface area contributed by atoms with Crippen LogP contribution in [0, 0.1) is 6.92 Å². The summed E-state index contributed by atoms with van der Waals surface area (Å²) in [5.41, 5.74) is 0.595. The van der Waals surface area contributed by atoms with Crippen molar-refractivity contribution >= 4 is 5.96 Å². The summed E-state index contributed by atoms with van der Waals surface area (Å²) in [4.78, 5) is 4.49. The summed E-state index contributed by atoms with van der Waals surface area (Å²) in [6, 6.07) is 8.04. The molecule has 128 valence electrons. The van der Waals surface area contributed by atoms with Crippen LogP contribution in [0.5, 0.6) is 5.75 Å². The monoisotopic (exact) mass is 319 g/mol. The molecule has 1 aromatic rings. The van der Waals surface area contributed by atoms with Gasteiger partial charge in [0.2, 0.25) is 0 Å². The molecule has 23 heavy (non-hydrogen) atoms. The van der Waals surface area contributed by atoms with E-state index in [9.17, 15) is 5.11 Å². The molecule has 0 aromatic heterocycles. The molecule has 1 saturated carbocycles. The minimum Gasteiger partial charge on any atom is -0.489 e. The summed E-state index contributed by atoms with van der Waals surface area (Å²) in [7, 11) is 0. The van der Waals surface area contributed by atoms with Crippen molar-refractivity contribution in [2.45, 2.75) is 51.7 Å². The Morgan fingerprint density at radius 3 is 2.78 bits per heavy atom. The maximum absolute atomic E-state index is 10.1. The van der Waals surface area contributed by atoms with E-state index in [1.54, 1.807) is 0 Å². The molecule has 5 nitrogen and oxygen atoms in total. The standard InChI is InChI=1S/C18H29N3O2/c1-4-19-17(21-13-18(22)9-6-10-18)20-12-15(3)23-16-8-5-7-14(2)11-16/h5,7-8,11,15,22H,4,6,9-10,12-13H2,1-3H3,(H2,19,20,21). The summed E-state index contributed by atoms with van der Waals surface area (Å²) in [5.74, 6) is 1.61. The number of hydrogen-bond donors (Lipinski definition) is 3. The van der Waals surface area contributed by atoms with Crippen LogP contribution >= 0.6 is 0 Å². The number of nitrogens with one attached hydrogen (secondary N) is 2. The quantitative estimate of drug-likeness (QED) is 0.533. The molecular weight excluding hydrogens is 290 g/mol. The lowest BCUT2D eigenvalue weighted by molar-refractivity contribution is -0.0236. The topological polar surface area (TPSA) is 65.9 Å². The zero-order valence-electron chi connectivity index (χ0n) is 14.4. The second-order valence-electron chi connectivity index (χ2n) is 6.40. The smallest absolute Gasteiger partial charge is 0.191 e. The molecule has 3 N–H and O–H groups in total. The number of aliphatic hydroxyl groups is 1. The number of nitrogens with zero attached hydrogens (tertiary/aromatic N) is 1. The molecule has 0 aliphatic heterocycles. The maximum Gasteiger partial charge on any atom is 0.191 e. The number of aliphatic imine (C=N–C) groups is 1. The Morgan fingerprint density at radius 1 is 1.39 bits per heavy atom. The first kappa shape index (κ1) is 17.6. The van der Waals surface area contributed by atoms with Crippen LogP contribution in [0.15, 0.2) is 29.3 Å². The molecule has 0 amide bonds. The van der Waals surface area contributed by atoms with E-state index >= 15 is 0 Å². The van der Waals surface area contributed by atoms with Crippen LogP contribution in [0.3, 0.4) is 0 Å². The van der Waals surface area contributed by atoms with Gasteiger partial charge in [-0.15, -0.1) is 0 Å². The van der Waals surface area contributed by atoms with Gasteiger partial charge in [0, 0.05) is 6.54 Å². The molecule has 1 fully saturated rings. The van der Waals surface area contributed by atoms with Crippen molar-refractivity contribution in [1.29, 1.82) is 0 Å². The largest absolute Gasteiger partial charge is 0.489 e. The highest BCUT2D eigenvalue weighted by molar-refractivity contribution is 5.79. The van der Waals surface area contributed by atoms with Gasteiger partial charge in [-0.3, -0.25) is 4.99 Å². The van der Waals surface area contributed by atoms with Crippen LogP contribution in [0.25, 0.3) is 0 Å². The maximum atomic E-state index is 10.1. The Bertz CT molecular complexity index is 527. The molecule has 0 heterocycles. The van der Waals surface area contributed by atoms with E-state index in [-0.39, 0.29) is 6.10 Å². The highest BCUT2D eigenvalue weighted by Crippen LogP contribution is 2.31. The predicted molar refractivity (Wildman–Crippen MR) is 94.1 cm³/mol. The Kier molecular flexibility index (Phi) is 6.28. The summed E-state index contributed by atoms with van der Waals surface area (Å²) in [6.45, 7) is 8.00. The molecule has 0 bridgehead atoms. The van der Waals surface area contributed by atoms with Gasteiger partial charge in [-0.2, -0.15) is 0 Å². The molecule has 1 aromatic carbocycles. The third-order valence-corrected chi connectivity index (χ3v) is 4.04. The van der Waals surface area contributed by atoms with Crippen molar-refractivity contribution < 1.29 is 9.84 Å². The summed E-state index contributed by atoms with van der Waals surface area (Å²) < 4.78 is 5.91. The first-order valence-corrected chi connectivity index (χ1v) is 8.49. The third-order valence-electron chi connectivity index (χ3n) is 4.04. The van der Waals surface area contributed by atoms with Crippen LogP contribution < -0.4 is 15.4 Å². The van der Waals surface area contributed by atoms with Crippen molar-refractivity contribution in [2.75, 3.05) is 19.6 Å². The number of ether oxygens (including phenoxy) is 1. The molecule has 0 saturated heterocycles. The minimum absolute atomic E-state index is 0.0208. The van der Waals surface area contributed by atoms with Crippen molar-refractivity contribution in [2.24, 2.45) is 4.99 Å². The Balaban J connectivity index is 1.81. The lowest BCUT2D eigenvalue weighted by atomic mass is 9.80. The lowest BCUT2D eigenvalue weighted by Gasteiger charge is -2.35. The number of rotatable bonds is 7. The van der Waals surface area contributed by atoms with E-state index in [1.807, 2.05) is 32.0 Å². The van der Waals surface area contributed by atoms with Gasteiger partial charge < -0.3 is 20.5 Å². The number of guanidine groups is 1. The molecule has 1 aliphatic rings. The van der Waals surface area contributed by atoms with Gasteiger partial charge in [-0.05, 0) is 57.7 Å². The summed E-state index contributed by atoms with van der Waals surface area (Å²) in [5, 5.41) is 16.6. The normalized spacial score (nSPS) is 18.0. The molecule has 1 aliphatic carbocycles. The van der Waals surface area contributed by atoms with Gasteiger partial charge in [0.05, 0.1) is 18.7 Å². The van der Waals surface area contributed by atoms with Gasteiger partial charge in [0.25, 0.3) is 0 Å². The lowest BCUT2D eigenvalue weighted by Crippen LogP contribution is -2.45. The van der Waals surface area contributed by atoms with E-state index in [0.717, 1.165) is 37.5 Å². The van der Waals surface area contributed by atoms with Gasteiger partial charge >= 0.3 is 0 Å². The van der Waals surface area contributed by atoms with Crippen LogP contribution in [0.1, 0.15) is 38.7 Å². The number of aryl methyl sites for hydroxylation is 1. The minimum atomic E-state index is -0.591. The Labute approximate surface area is 139 Å². The number of hydrogen-bond acceptors (Lipinski definition) is 3. The van der Waals surface area contributed by atoms with Crippen LogP contribution in [0.4, 0.5) is 0 Å². The zero-order valence-corrected chi connectivity index (χ0v) is 14.4. The van der Waals surface area contributed by atoms with E-state index in [2.05, 4.69) is 28.6 Å². The van der Waals surface area contributed by atoms with Crippen LogP contribution in [0.2, 0.25) is 0 Å². The fraction of sp³-hybridized carbons (Fsp3) is 0.611. The molecule has 1 unspecified atom stereocenters. The fourth-order valence-electron chi connectivity index (χ4n) is 2.51. The summed E-state index contributed by atoms with van der Waals surface area (Å²) >= 11 is 0. The molecule has 1 atom stereocenters. The second kappa shape index (κ2) is 8.20. The molecular formula is C18H29N3O2. The van der Waals surface area contributed by atoms with Gasteiger partial charge in [-0.25, -0.2) is 0 Å². The Morgan fingerprint density at radius 2 is 2.17 bits per heavy atom. The van der Waals surface area contributed by atoms with Crippen LogP contribution in [-0.2, 0) is 0 Å². The SMILES string of the molecule is CCNC(=NCC1(O)CCC1)NCC(C)Oc1cccc(C)c1. The van der Waals surface area contributed by atoms with E-state index < -0.39 is 5.60 Å². The second-order valence-corrected chi connectivity index (χ2v) is 6.40. The molecule has 5 heteroatoms. The van der Waals surface area contributed by atoms with E-state index in [4.69, 9.17) is 4.74 Å². The van der Waals surface area contributed by atoms with Gasteiger partial charge in [-0.1, -0.05) is 12.1 Å². The van der Waals surface area contributed by atoms with Crippen LogP contribution in [-0.4, -0.2) is 42.4 Å². The van der Waals surface area contributed by atoms with Crippen molar-refractivity contribution in [3.63, 3.8) is 0 Å². The predicted octanol–water partition coefficient (Wildman–Crippen LogP) is 2.23. The van der Waals surface area contributed by atoms with E-state index in [0.29, 0.717) is 13.1 Å².